The fourth-order valence-corrected chi connectivity index (χ4v) is 5.77. The monoisotopic (exact) mass is 463 g/mol. The number of benzene rings is 1. The van der Waals surface area contributed by atoms with Crippen LogP contribution in [0.3, 0.4) is 0 Å². The number of nitrogens with two attached hydrogens (primary N) is 1. The van der Waals surface area contributed by atoms with E-state index in [1.807, 2.05) is 11.6 Å². The molecule has 11 heteroatoms. The number of sulfonamides is 1. The Hall–Kier alpha value is -2.50. The molecule has 0 bridgehead atoms. The molecule has 1 aromatic heterocycles. The van der Waals surface area contributed by atoms with Crippen molar-refractivity contribution in [2.24, 2.45) is 18.7 Å². The minimum atomic E-state index is -3.60. The van der Waals surface area contributed by atoms with Crippen molar-refractivity contribution in [2.75, 3.05) is 39.4 Å². The lowest BCUT2D eigenvalue weighted by Gasteiger charge is -2.30. The Bertz CT molecular complexity index is 1120. The fourth-order valence-electron chi connectivity index (χ4n) is 4.34. The van der Waals surface area contributed by atoms with Crippen LogP contribution in [0.25, 0.3) is 11.0 Å². The number of amides is 2. The van der Waals surface area contributed by atoms with E-state index in [4.69, 9.17) is 10.5 Å². The average Bonchev–Trinajstić information content (AvgIpc) is 3.13. The third-order valence-electron chi connectivity index (χ3n) is 6.37. The molecule has 2 saturated heterocycles. The number of fused-ring (bicyclic) bond motifs is 1. The summed E-state index contributed by atoms with van der Waals surface area (Å²) in [5, 5.41) is 0. The molecule has 0 radical (unpaired) electrons. The predicted molar refractivity (Wildman–Crippen MR) is 117 cm³/mol. The van der Waals surface area contributed by atoms with Crippen molar-refractivity contribution in [1.82, 2.24) is 18.8 Å². The number of rotatable bonds is 6. The summed E-state index contributed by atoms with van der Waals surface area (Å²) in [7, 11) is -1.73. The zero-order valence-corrected chi connectivity index (χ0v) is 19.0. The van der Waals surface area contributed by atoms with E-state index in [0.29, 0.717) is 70.6 Å². The van der Waals surface area contributed by atoms with E-state index in [0.717, 1.165) is 11.3 Å². The minimum absolute atomic E-state index is 0.0237. The van der Waals surface area contributed by atoms with Crippen molar-refractivity contribution in [2.45, 2.75) is 30.6 Å². The minimum Gasteiger partial charge on any atom is -0.379 e. The second-order valence-electron chi connectivity index (χ2n) is 8.31. The van der Waals surface area contributed by atoms with Crippen LogP contribution in [0.1, 0.15) is 25.1 Å². The molecule has 0 atom stereocenters. The molecule has 2 amide bonds. The number of hydrogen-bond donors (Lipinski definition) is 1. The summed E-state index contributed by atoms with van der Waals surface area (Å²) in [6.45, 7) is 2.54. The lowest BCUT2D eigenvalue weighted by Crippen LogP contribution is -2.41. The first-order valence-electron chi connectivity index (χ1n) is 10.9. The summed E-state index contributed by atoms with van der Waals surface area (Å²) in [6.07, 6.45) is 1.96. The van der Waals surface area contributed by atoms with Gasteiger partial charge in [-0.1, -0.05) is 0 Å². The molecule has 0 saturated carbocycles. The van der Waals surface area contributed by atoms with Gasteiger partial charge in [0, 0.05) is 52.0 Å². The maximum absolute atomic E-state index is 12.9. The van der Waals surface area contributed by atoms with Crippen LogP contribution in [0, 0.1) is 5.92 Å². The van der Waals surface area contributed by atoms with Gasteiger partial charge < -0.3 is 19.9 Å². The molecule has 2 fully saturated rings. The van der Waals surface area contributed by atoms with Crippen molar-refractivity contribution >= 4 is 32.9 Å². The molecule has 0 unspecified atom stereocenters. The molecule has 3 heterocycles. The Morgan fingerprint density at radius 1 is 1.16 bits per heavy atom. The van der Waals surface area contributed by atoms with Gasteiger partial charge in [-0.3, -0.25) is 9.59 Å². The zero-order chi connectivity index (χ0) is 22.9. The number of morpholine rings is 1. The van der Waals surface area contributed by atoms with E-state index in [1.54, 1.807) is 23.1 Å². The Labute approximate surface area is 187 Å². The molecule has 174 valence electrons. The summed E-state index contributed by atoms with van der Waals surface area (Å²) in [4.78, 5) is 30.5. The van der Waals surface area contributed by atoms with Gasteiger partial charge in [0.25, 0.3) is 0 Å². The van der Waals surface area contributed by atoms with Gasteiger partial charge in [-0.05, 0) is 31.0 Å². The first-order valence-corrected chi connectivity index (χ1v) is 12.3. The van der Waals surface area contributed by atoms with Crippen LogP contribution in [0.15, 0.2) is 23.1 Å². The van der Waals surface area contributed by atoms with Crippen molar-refractivity contribution < 1.29 is 22.7 Å². The van der Waals surface area contributed by atoms with Crippen LogP contribution in [0.5, 0.6) is 0 Å². The highest BCUT2D eigenvalue weighted by Gasteiger charge is 2.28. The molecule has 4 rings (SSSR count). The van der Waals surface area contributed by atoms with Gasteiger partial charge in [-0.15, -0.1) is 0 Å². The van der Waals surface area contributed by atoms with Gasteiger partial charge >= 0.3 is 0 Å². The number of imidazole rings is 1. The summed E-state index contributed by atoms with van der Waals surface area (Å²) < 4.78 is 34.4. The van der Waals surface area contributed by atoms with Gasteiger partial charge in [-0.2, -0.15) is 4.31 Å². The number of ether oxygens (including phenoxy) is 1. The predicted octanol–water partition coefficient (Wildman–Crippen LogP) is 0.251. The standard InChI is InChI=1S/C21H29N5O5S/c1-24-18-3-2-16(32(29,30)26-10-12-31-13-11-26)14-17(18)23-19(24)4-5-20(27)25-8-6-15(7-9-25)21(22)28/h2-3,14-15H,4-13H2,1H3,(H2,22,28). The molecule has 2 aliphatic heterocycles. The Kier molecular flexibility index (Phi) is 6.50. The Morgan fingerprint density at radius 2 is 1.84 bits per heavy atom. The topological polar surface area (TPSA) is 128 Å². The third kappa shape index (κ3) is 4.50. The highest BCUT2D eigenvalue weighted by Crippen LogP contribution is 2.24. The Balaban J connectivity index is 1.44. The second kappa shape index (κ2) is 9.16. The number of likely N-dealkylation sites (tertiary alicyclic amines) is 1. The largest absolute Gasteiger partial charge is 0.379 e. The quantitative estimate of drug-likeness (QED) is 0.654. The number of piperidine rings is 1. The number of aryl methyl sites for hydroxylation is 2. The smallest absolute Gasteiger partial charge is 0.243 e. The number of nitrogens with zero attached hydrogens (tertiary/aromatic N) is 4. The normalized spacial score (nSPS) is 18.8. The average molecular weight is 464 g/mol. The van der Waals surface area contributed by atoms with Crippen molar-refractivity contribution in [1.29, 1.82) is 0 Å². The maximum atomic E-state index is 12.9. The molecule has 32 heavy (non-hydrogen) atoms. The van der Waals surface area contributed by atoms with E-state index in [2.05, 4.69) is 4.98 Å². The first kappa shape index (κ1) is 22.7. The lowest BCUT2D eigenvalue weighted by atomic mass is 9.96. The number of hydrogen-bond acceptors (Lipinski definition) is 6. The molecule has 0 spiro atoms. The van der Waals surface area contributed by atoms with Crippen LogP contribution in [0.2, 0.25) is 0 Å². The van der Waals surface area contributed by atoms with Crippen LogP contribution >= 0.6 is 0 Å². The molecule has 2 N–H and O–H groups in total. The van der Waals surface area contributed by atoms with Crippen LogP contribution < -0.4 is 5.73 Å². The zero-order valence-electron chi connectivity index (χ0n) is 18.2. The van der Waals surface area contributed by atoms with Gasteiger partial charge in [0.2, 0.25) is 21.8 Å². The highest BCUT2D eigenvalue weighted by molar-refractivity contribution is 7.89. The van der Waals surface area contributed by atoms with E-state index < -0.39 is 10.0 Å². The van der Waals surface area contributed by atoms with Crippen molar-refractivity contribution in [3.8, 4) is 0 Å². The molecular formula is C21H29N5O5S. The van der Waals surface area contributed by atoms with Gasteiger partial charge in [0.05, 0.1) is 29.1 Å². The molecule has 2 aromatic rings. The van der Waals surface area contributed by atoms with E-state index in [1.165, 1.54) is 4.31 Å². The van der Waals surface area contributed by atoms with Crippen LogP contribution in [0.4, 0.5) is 0 Å². The summed E-state index contributed by atoms with van der Waals surface area (Å²) in [5.74, 6) is 0.297. The van der Waals surface area contributed by atoms with Gasteiger partial charge in [0.15, 0.2) is 0 Å². The number of aromatic nitrogens is 2. The number of carbonyl (C=O) groups is 2. The van der Waals surface area contributed by atoms with Gasteiger partial charge in [0.1, 0.15) is 5.82 Å². The number of carbonyl (C=O) groups excluding carboxylic acids is 2. The lowest BCUT2D eigenvalue weighted by molar-refractivity contribution is -0.134. The molecular weight excluding hydrogens is 434 g/mol. The van der Waals surface area contributed by atoms with E-state index in [9.17, 15) is 18.0 Å². The SMILES string of the molecule is Cn1c(CCC(=O)N2CCC(C(N)=O)CC2)nc2cc(S(=O)(=O)N3CCOCC3)ccc21. The summed E-state index contributed by atoms with van der Waals surface area (Å²) in [5.41, 5.74) is 6.76. The van der Waals surface area contributed by atoms with Crippen LogP contribution in [-0.4, -0.2) is 78.4 Å². The first-order chi connectivity index (χ1) is 15.3. The van der Waals surface area contributed by atoms with E-state index >= 15 is 0 Å². The summed E-state index contributed by atoms with van der Waals surface area (Å²) in [6, 6.07) is 4.96. The molecule has 2 aliphatic rings. The fraction of sp³-hybridized carbons (Fsp3) is 0.571. The highest BCUT2D eigenvalue weighted by atomic mass is 32.2. The maximum Gasteiger partial charge on any atom is 0.243 e. The Morgan fingerprint density at radius 3 is 2.50 bits per heavy atom. The van der Waals surface area contributed by atoms with E-state index in [-0.39, 0.29) is 22.6 Å². The summed E-state index contributed by atoms with van der Waals surface area (Å²) >= 11 is 0. The molecule has 0 aliphatic carbocycles. The van der Waals surface area contributed by atoms with Crippen molar-refractivity contribution in [3.05, 3.63) is 24.0 Å². The second-order valence-corrected chi connectivity index (χ2v) is 10.2. The third-order valence-corrected chi connectivity index (χ3v) is 8.26. The van der Waals surface area contributed by atoms with Crippen LogP contribution in [-0.2, 0) is 37.8 Å². The molecule has 10 nitrogen and oxygen atoms in total. The van der Waals surface area contributed by atoms with Gasteiger partial charge in [-0.25, -0.2) is 13.4 Å². The number of primary amides is 1. The molecule has 1 aromatic carbocycles. The van der Waals surface area contributed by atoms with Crippen molar-refractivity contribution in [3.63, 3.8) is 0 Å².